The minimum atomic E-state index is -3.55. The van der Waals surface area contributed by atoms with E-state index < -0.39 is 10.0 Å². The third kappa shape index (κ3) is 3.50. The number of anilines is 1. The average Bonchev–Trinajstić information content (AvgIpc) is 2.41. The summed E-state index contributed by atoms with van der Waals surface area (Å²) in [6.45, 7) is 1.92. The first-order valence-corrected chi connectivity index (χ1v) is 8.49. The van der Waals surface area contributed by atoms with Gasteiger partial charge >= 0.3 is 0 Å². The van der Waals surface area contributed by atoms with Crippen LogP contribution in [-0.2, 0) is 16.4 Å². The normalized spacial score (nSPS) is 23.7. The van der Waals surface area contributed by atoms with Crippen molar-refractivity contribution in [2.75, 3.05) is 5.73 Å². The minimum Gasteiger partial charge on any atom is -0.399 e. The molecule has 2 rings (SSSR count). The fourth-order valence-corrected chi connectivity index (χ4v) is 4.24. The molecule has 1 saturated carbocycles. The zero-order valence-electron chi connectivity index (χ0n) is 11.7. The van der Waals surface area contributed by atoms with Crippen LogP contribution in [0.2, 0.25) is 0 Å². The molecule has 112 valence electrons. The third-order valence-electron chi connectivity index (χ3n) is 3.78. The summed E-state index contributed by atoms with van der Waals surface area (Å²) in [6.07, 6.45) is 2.97. The zero-order valence-corrected chi connectivity index (χ0v) is 12.5. The highest BCUT2D eigenvalue weighted by Gasteiger charge is 2.26. The van der Waals surface area contributed by atoms with E-state index in [2.05, 4.69) is 4.72 Å². The SMILES string of the molecule is CCc1ccc(N)cc1S(=O)(=O)NC1CCC(O)CC1. The van der Waals surface area contributed by atoms with Gasteiger partial charge in [0.05, 0.1) is 11.0 Å². The zero-order chi connectivity index (χ0) is 14.8. The van der Waals surface area contributed by atoms with Crippen molar-refractivity contribution < 1.29 is 13.5 Å². The molecular formula is C14H22N2O3S. The van der Waals surface area contributed by atoms with Gasteiger partial charge < -0.3 is 10.8 Å². The van der Waals surface area contributed by atoms with Crippen molar-refractivity contribution in [3.63, 3.8) is 0 Å². The molecule has 0 aliphatic heterocycles. The Morgan fingerprint density at radius 2 is 1.95 bits per heavy atom. The average molecular weight is 298 g/mol. The first-order chi connectivity index (χ1) is 9.42. The molecule has 0 heterocycles. The van der Waals surface area contributed by atoms with E-state index in [9.17, 15) is 13.5 Å². The standard InChI is InChI=1S/C14H22N2O3S/c1-2-10-3-4-11(15)9-14(10)20(18,19)16-12-5-7-13(17)8-6-12/h3-4,9,12-13,16-17H,2,5-8,15H2,1H3. The molecule has 1 fully saturated rings. The highest BCUT2D eigenvalue weighted by atomic mass is 32.2. The number of aliphatic hydroxyl groups excluding tert-OH is 1. The van der Waals surface area contributed by atoms with Gasteiger partial charge in [-0.25, -0.2) is 13.1 Å². The number of nitrogens with one attached hydrogen (secondary N) is 1. The smallest absolute Gasteiger partial charge is 0.241 e. The molecule has 1 aromatic carbocycles. The lowest BCUT2D eigenvalue weighted by atomic mass is 9.94. The topological polar surface area (TPSA) is 92.4 Å². The quantitative estimate of drug-likeness (QED) is 0.733. The molecule has 6 heteroatoms. The largest absolute Gasteiger partial charge is 0.399 e. The van der Waals surface area contributed by atoms with Crippen LogP contribution in [0, 0.1) is 0 Å². The Balaban J connectivity index is 2.20. The van der Waals surface area contributed by atoms with Crippen LogP contribution in [0.4, 0.5) is 5.69 Å². The van der Waals surface area contributed by atoms with Gasteiger partial charge in [0.25, 0.3) is 0 Å². The van der Waals surface area contributed by atoms with E-state index in [0.29, 0.717) is 37.8 Å². The molecular weight excluding hydrogens is 276 g/mol. The molecule has 0 atom stereocenters. The van der Waals surface area contributed by atoms with Crippen molar-refractivity contribution in [1.29, 1.82) is 0 Å². The van der Waals surface area contributed by atoms with Crippen LogP contribution in [0.25, 0.3) is 0 Å². The summed E-state index contributed by atoms with van der Waals surface area (Å²) in [6, 6.07) is 4.89. The number of benzene rings is 1. The van der Waals surface area contributed by atoms with Crippen LogP contribution in [0.3, 0.4) is 0 Å². The van der Waals surface area contributed by atoms with Crippen LogP contribution in [-0.4, -0.2) is 25.7 Å². The van der Waals surface area contributed by atoms with Gasteiger partial charge in [0, 0.05) is 11.7 Å². The summed E-state index contributed by atoms with van der Waals surface area (Å²) in [5.41, 5.74) is 6.92. The van der Waals surface area contributed by atoms with Crippen molar-refractivity contribution in [2.45, 2.75) is 56.1 Å². The minimum absolute atomic E-state index is 0.102. The lowest BCUT2D eigenvalue weighted by Crippen LogP contribution is -2.38. The summed E-state index contributed by atoms with van der Waals surface area (Å²) in [7, 11) is -3.55. The molecule has 20 heavy (non-hydrogen) atoms. The van der Waals surface area contributed by atoms with Crippen LogP contribution in [0.5, 0.6) is 0 Å². The Morgan fingerprint density at radius 1 is 1.30 bits per heavy atom. The van der Waals surface area contributed by atoms with Gasteiger partial charge in [0.2, 0.25) is 10.0 Å². The highest BCUT2D eigenvalue weighted by Crippen LogP contribution is 2.23. The second-order valence-corrected chi connectivity index (χ2v) is 7.03. The van der Waals surface area contributed by atoms with Gasteiger partial charge in [0.15, 0.2) is 0 Å². The van der Waals surface area contributed by atoms with Crippen LogP contribution in [0.15, 0.2) is 23.1 Å². The summed E-state index contributed by atoms with van der Waals surface area (Å²) >= 11 is 0. The highest BCUT2D eigenvalue weighted by molar-refractivity contribution is 7.89. The van der Waals surface area contributed by atoms with E-state index in [1.165, 1.54) is 6.07 Å². The van der Waals surface area contributed by atoms with Gasteiger partial charge in [-0.3, -0.25) is 0 Å². The maximum absolute atomic E-state index is 12.5. The van der Waals surface area contributed by atoms with Crippen molar-refractivity contribution in [1.82, 2.24) is 4.72 Å². The monoisotopic (exact) mass is 298 g/mol. The van der Waals surface area contributed by atoms with E-state index in [0.717, 1.165) is 5.56 Å². The van der Waals surface area contributed by atoms with E-state index in [1.807, 2.05) is 6.92 Å². The molecule has 4 N–H and O–H groups in total. The maximum Gasteiger partial charge on any atom is 0.241 e. The lowest BCUT2D eigenvalue weighted by Gasteiger charge is -2.26. The molecule has 0 amide bonds. The van der Waals surface area contributed by atoms with Gasteiger partial charge in [-0.2, -0.15) is 0 Å². The van der Waals surface area contributed by atoms with Crippen molar-refractivity contribution in [3.05, 3.63) is 23.8 Å². The molecule has 1 aromatic rings. The van der Waals surface area contributed by atoms with Crippen molar-refractivity contribution >= 4 is 15.7 Å². The van der Waals surface area contributed by atoms with Crippen molar-refractivity contribution in [3.8, 4) is 0 Å². The Morgan fingerprint density at radius 3 is 2.55 bits per heavy atom. The first-order valence-electron chi connectivity index (χ1n) is 7.01. The summed E-state index contributed by atoms with van der Waals surface area (Å²) in [4.78, 5) is 0.270. The van der Waals surface area contributed by atoms with E-state index in [-0.39, 0.29) is 17.0 Å². The number of rotatable bonds is 4. The molecule has 1 aliphatic carbocycles. The van der Waals surface area contributed by atoms with Crippen LogP contribution in [0.1, 0.15) is 38.2 Å². The van der Waals surface area contributed by atoms with Gasteiger partial charge in [-0.1, -0.05) is 13.0 Å². The fourth-order valence-electron chi connectivity index (χ4n) is 2.59. The molecule has 0 bridgehead atoms. The fraction of sp³-hybridized carbons (Fsp3) is 0.571. The Bertz CT molecular complexity index is 564. The Labute approximate surface area is 120 Å². The second-order valence-electron chi connectivity index (χ2n) is 5.35. The Kier molecular flexibility index (Phi) is 4.67. The molecule has 0 saturated heterocycles. The molecule has 0 aromatic heterocycles. The summed E-state index contributed by atoms with van der Waals surface area (Å²) < 4.78 is 27.7. The van der Waals surface area contributed by atoms with Gasteiger partial charge in [0.1, 0.15) is 0 Å². The van der Waals surface area contributed by atoms with E-state index >= 15 is 0 Å². The van der Waals surface area contributed by atoms with Gasteiger partial charge in [-0.15, -0.1) is 0 Å². The van der Waals surface area contributed by atoms with E-state index in [1.54, 1.807) is 12.1 Å². The number of sulfonamides is 1. The number of hydrogen-bond acceptors (Lipinski definition) is 4. The predicted molar refractivity (Wildman–Crippen MR) is 78.8 cm³/mol. The van der Waals surface area contributed by atoms with Crippen LogP contribution >= 0.6 is 0 Å². The molecule has 0 unspecified atom stereocenters. The van der Waals surface area contributed by atoms with Gasteiger partial charge in [-0.05, 0) is 49.8 Å². The number of hydrogen-bond donors (Lipinski definition) is 3. The summed E-state index contributed by atoms with van der Waals surface area (Å²) in [5.74, 6) is 0. The molecule has 0 spiro atoms. The second kappa shape index (κ2) is 6.11. The predicted octanol–water partition coefficient (Wildman–Crippen LogP) is 1.41. The van der Waals surface area contributed by atoms with Crippen molar-refractivity contribution in [2.24, 2.45) is 0 Å². The number of aryl methyl sites for hydroxylation is 1. The van der Waals surface area contributed by atoms with Crippen LogP contribution < -0.4 is 10.5 Å². The lowest BCUT2D eigenvalue weighted by molar-refractivity contribution is 0.120. The Hall–Kier alpha value is -1.11. The number of nitrogens with two attached hydrogens (primary N) is 1. The third-order valence-corrected chi connectivity index (χ3v) is 5.38. The molecule has 5 nitrogen and oxygen atoms in total. The molecule has 0 radical (unpaired) electrons. The number of nitrogen functional groups attached to an aromatic ring is 1. The first kappa shape index (κ1) is 15.3. The maximum atomic E-state index is 12.5. The summed E-state index contributed by atoms with van der Waals surface area (Å²) in [5, 5.41) is 9.47. The van der Waals surface area contributed by atoms with E-state index in [4.69, 9.17) is 5.73 Å². The molecule has 1 aliphatic rings. The number of aliphatic hydroxyl groups is 1.